The maximum absolute atomic E-state index is 4.10. The van der Waals surface area contributed by atoms with Gasteiger partial charge in [0, 0.05) is 12.1 Å². The van der Waals surface area contributed by atoms with Crippen LogP contribution in [0.3, 0.4) is 0 Å². The highest BCUT2D eigenvalue weighted by molar-refractivity contribution is 5.07. The summed E-state index contributed by atoms with van der Waals surface area (Å²) in [6.45, 7) is 7.77. The van der Waals surface area contributed by atoms with Crippen molar-refractivity contribution in [2.24, 2.45) is 0 Å². The lowest BCUT2D eigenvalue weighted by Gasteiger charge is -2.36. The Hall–Kier alpha value is -0.300. The van der Waals surface area contributed by atoms with Crippen molar-refractivity contribution < 1.29 is 0 Å². The van der Waals surface area contributed by atoms with Gasteiger partial charge in [0.2, 0.25) is 0 Å². The van der Waals surface area contributed by atoms with E-state index in [1.807, 2.05) is 0 Å². The van der Waals surface area contributed by atoms with Crippen LogP contribution in [0.25, 0.3) is 0 Å². The summed E-state index contributed by atoms with van der Waals surface area (Å²) in [5.41, 5.74) is 1.47. The summed E-state index contributed by atoms with van der Waals surface area (Å²) in [6.07, 6.45) is 5.31. The fourth-order valence-electron chi connectivity index (χ4n) is 2.61. The molecule has 0 aromatic heterocycles. The number of fused-ring (bicyclic) bond motifs is 1. The highest BCUT2D eigenvalue weighted by Crippen LogP contribution is 2.32. The third-order valence-corrected chi connectivity index (χ3v) is 3.10. The molecule has 0 aliphatic carbocycles. The van der Waals surface area contributed by atoms with E-state index in [-0.39, 0.29) is 0 Å². The van der Waals surface area contributed by atoms with Crippen molar-refractivity contribution >= 4 is 0 Å². The molecule has 11 heavy (non-hydrogen) atoms. The van der Waals surface area contributed by atoms with Crippen molar-refractivity contribution in [3.8, 4) is 0 Å². The van der Waals surface area contributed by atoms with Crippen LogP contribution in [0.5, 0.6) is 0 Å². The van der Waals surface area contributed by atoms with Gasteiger partial charge in [0.25, 0.3) is 0 Å². The van der Waals surface area contributed by atoms with Crippen molar-refractivity contribution in [1.82, 2.24) is 4.90 Å². The average Bonchev–Trinajstić information content (AvgIpc) is 2.34. The number of hydrogen-bond acceptors (Lipinski definition) is 1. The van der Waals surface area contributed by atoms with E-state index in [0.29, 0.717) is 0 Å². The fourth-order valence-corrected chi connectivity index (χ4v) is 2.61. The lowest BCUT2D eigenvalue weighted by atomic mass is 9.94. The molecule has 0 saturated carbocycles. The second-order valence-corrected chi connectivity index (χ2v) is 4.04. The van der Waals surface area contributed by atoms with E-state index in [1.165, 1.54) is 37.8 Å². The first-order valence-corrected chi connectivity index (χ1v) is 4.70. The monoisotopic (exact) mass is 151 g/mol. The van der Waals surface area contributed by atoms with Crippen LogP contribution in [0.2, 0.25) is 0 Å². The zero-order chi connectivity index (χ0) is 7.84. The van der Waals surface area contributed by atoms with E-state index >= 15 is 0 Å². The summed E-state index contributed by atoms with van der Waals surface area (Å²) >= 11 is 0. The highest BCUT2D eigenvalue weighted by atomic mass is 15.2. The van der Waals surface area contributed by atoms with E-state index in [4.69, 9.17) is 0 Å². The molecule has 2 aliphatic heterocycles. The van der Waals surface area contributed by atoms with E-state index < -0.39 is 0 Å². The second-order valence-electron chi connectivity index (χ2n) is 4.04. The summed E-state index contributed by atoms with van der Waals surface area (Å²) in [7, 11) is 0. The Balaban J connectivity index is 2.10. The molecule has 2 heterocycles. The van der Waals surface area contributed by atoms with Gasteiger partial charge < -0.3 is 0 Å². The Labute approximate surface area is 69.1 Å². The Morgan fingerprint density at radius 2 is 2.27 bits per heavy atom. The first-order valence-electron chi connectivity index (χ1n) is 4.70. The van der Waals surface area contributed by atoms with Crippen molar-refractivity contribution in [1.29, 1.82) is 0 Å². The molecule has 0 radical (unpaired) electrons. The zero-order valence-electron chi connectivity index (χ0n) is 7.34. The molecule has 0 unspecified atom stereocenters. The van der Waals surface area contributed by atoms with Crippen molar-refractivity contribution in [2.75, 3.05) is 6.54 Å². The standard InChI is InChI=1S/C10H17N/c1-8-6-9(2)11-5-3-4-10(11)7-8/h9-10H,1,3-7H2,2H3/t9-,10-/m1/s1. The van der Waals surface area contributed by atoms with Gasteiger partial charge in [-0.2, -0.15) is 0 Å². The molecule has 1 nitrogen and oxygen atoms in total. The minimum Gasteiger partial charge on any atom is -0.297 e. The lowest BCUT2D eigenvalue weighted by molar-refractivity contribution is 0.163. The topological polar surface area (TPSA) is 3.24 Å². The van der Waals surface area contributed by atoms with Gasteiger partial charge in [-0.05, 0) is 39.2 Å². The van der Waals surface area contributed by atoms with E-state index in [0.717, 1.165) is 12.1 Å². The smallest absolute Gasteiger partial charge is 0.0136 e. The van der Waals surface area contributed by atoms with Gasteiger partial charge in [0.1, 0.15) is 0 Å². The van der Waals surface area contributed by atoms with Crippen LogP contribution in [0.15, 0.2) is 12.2 Å². The van der Waals surface area contributed by atoms with E-state index in [1.54, 1.807) is 0 Å². The molecule has 0 amide bonds. The molecule has 0 aromatic rings. The maximum Gasteiger partial charge on any atom is 0.0136 e. The maximum atomic E-state index is 4.10. The van der Waals surface area contributed by atoms with Crippen molar-refractivity contribution in [2.45, 2.75) is 44.7 Å². The normalized spacial score (nSPS) is 39.2. The summed E-state index contributed by atoms with van der Waals surface area (Å²) in [5.74, 6) is 0. The zero-order valence-corrected chi connectivity index (χ0v) is 7.34. The Morgan fingerprint density at radius 3 is 3.09 bits per heavy atom. The van der Waals surface area contributed by atoms with Crippen molar-refractivity contribution in [3.63, 3.8) is 0 Å². The molecule has 2 aliphatic rings. The van der Waals surface area contributed by atoms with Crippen LogP contribution in [0.4, 0.5) is 0 Å². The van der Waals surface area contributed by atoms with Crippen LogP contribution in [-0.4, -0.2) is 23.5 Å². The van der Waals surface area contributed by atoms with Gasteiger partial charge in [-0.15, -0.1) is 0 Å². The molecule has 1 heteroatoms. The van der Waals surface area contributed by atoms with Crippen LogP contribution >= 0.6 is 0 Å². The predicted octanol–water partition coefficient (Wildman–Crippen LogP) is 2.19. The third-order valence-electron chi connectivity index (χ3n) is 3.10. The molecule has 2 atom stereocenters. The van der Waals surface area contributed by atoms with E-state index in [9.17, 15) is 0 Å². The molecular formula is C10H17N. The number of nitrogens with zero attached hydrogens (tertiary/aromatic N) is 1. The summed E-state index contributed by atoms with van der Waals surface area (Å²) < 4.78 is 0. The summed E-state index contributed by atoms with van der Waals surface area (Å²) in [5, 5.41) is 0. The minimum atomic E-state index is 0.767. The Bertz CT molecular complexity index is 174. The van der Waals surface area contributed by atoms with Gasteiger partial charge in [-0.1, -0.05) is 12.2 Å². The third kappa shape index (κ3) is 1.22. The van der Waals surface area contributed by atoms with Crippen LogP contribution in [0.1, 0.15) is 32.6 Å². The van der Waals surface area contributed by atoms with Gasteiger partial charge in [-0.25, -0.2) is 0 Å². The molecule has 62 valence electrons. The van der Waals surface area contributed by atoms with Crippen molar-refractivity contribution in [3.05, 3.63) is 12.2 Å². The Kier molecular flexibility index (Phi) is 1.76. The van der Waals surface area contributed by atoms with Crippen LogP contribution in [0, 0.1) is 0 Å². The van der Waals surface area contributed by atoms with Gasteiger partial charge in [0.15, 0.2) is 0 Å². The van der Waals surface area contributed by atoms with Gasteiger partial charge in [-0.3, -0.25) is 4.90 Å². The highest BCUT2D eigenvalue weighted by Gasteiger charge is 2.32. The van der Waals surface area contributed by atoms with E-state index in [2.05, 4.69) is 18.4 Å². The number of piperidine rings is 1. The summed E-state index contributed by atoms with van der Waals surface area (Å²) in [4.78, 5) is 2.66. The molecule has 0 aromatic carbocycles. The average molecular weight is 151 g/mol. The SMILES string of the molecule is C=C1C[C@H]2CCCN2[C@H](C)C1. The first-order chi connectivity index (χ1) is 5.27. The van der Waals surface area contributed by atoms with Gasteiger partial charge >= 0.3 is 0 Å². The number of rotatable bonds is 0. The minimum absolute atomic E-state index is 0.767. The molecule has 2 saturated heterocycles. The lowest BCUT2D eigenvalue weighted by Crippen LogP contribution is -2.41. The molecule has 0 bridgehead atoms. The first kappa shape index (κ1) is 7.35. The quantitative estimate of drug-likeness (QED) is 0.480. The van der Waals surface area contributed by atoms with Gasteiger partial charge in [0.05, 0.1) is 0 Å². The molecule has 2 rings (SSSR count). The molecule has 2 fully saturated rings. The predicted molar refractivity (Wildman–Crippen MR) is 47.6 cm³/mol. The molecule has 0 N–H and O–H groups in total. The molecular weight excluding hydrogens is 134 g/mol. The number of hydrogen-bond donors (Lipinski definition) is 0. The second kappa shape index (κ2) is 2.63. The summed E-state index contributed by atoms with van der Waals surface area (Å²) in [6, 6.07) is 1.62. The van der Waals surface area contributed by atoms with Crippen LogP contribution < -0.4 is 0 Å². The largest absolute Gasteiger partial charge is 0.297 e. The fraction of sp³-hybridized carbons (Fsp3) is 0.800. The molecule has 0 spiro atoms. The Morgan fingerprint density at radius 1 is 1.45 bits per heavy atom. The van der Waals surface area contributed by atoms with Crippen LogP contribution in [-0.2, 0) is 0 Å².